The van der Waals surface area contributed by atoms with Crippen LogP contribution < -0.4 is 5.06 Å². The summed E-state index contributed by atoms with van der Waals surface area (Å²) in [6.07, 6.45) is -0.384. The molecule has 112 valence electrons. The van der Waals surface area contributed by atoms with E-state index in [1.807, 2.05) is 0 Å². The molecule has 0 atom stereocenters. The fourth-order valence-corrected chi connectivity index (χ4v) is 1.81. The molecule has 0 radical (unpaired) electrons. The van der Waals surface area contributed by atoms with Crippen LogP contribution in [0.25, 0.3) is 0 Å². The van der Waals surface area contributed by atoms with Gasteiger partial charge in [0, 0.05) is 5.56 Å². The average Bonchev–Trinajstić information content (AvgIpc) is 2.53. The van der Waals surface area contributed by atoms with Gasteiger partial charge in [0.1, 0.15) is 12.2 Å². The monoisotopic (exact) mass is 297 g/mol. The van der Waals surface area contributed by atoms with Crippen LogP contribution in [0.15, 0.2) is 60.7 Å². The van der Waals surface area contributed by atoms with Crippen LogP contribution in [-0.4, -0.2) is 17.7 Å². The van der Waals surface area contributed by atoms with Gasteiger partial charge in [0.25, 0.3) is 5.91 Å². The molecule has 5 heteroatoms. The molecular weight excluding hydrogens is 282 g/mol. The molecular formula is C17H15NO4. The summed E-state index contributed by atoms with van der Waals surface area (Å²) in [5.41, 5.74) is 0.787. The van der Waals surface area contributed by atoms with Crippen molar-refractivity contribution in [3.8, 4) is 0 Å². The number of anilines is 1. The zero-order chi connectivity index (χ0) is 15.9. The molecule has 0 bridgehead atoms. The molecule has 5 nitrogen and oxygen atoms in total. The molecule has 0 saturated carbocycles. The number of amides is 1. The molecule has 2 aromatic rings. The third-order valence-corrected chi connectivity index (χ3v) is 2.78. The fourth-order valence-electron chi connectivity index (χ4n) is 1.81. The number of ketones is 1. The number of carbonyl (C=O) groups excluding carboxylic acids is 3. The summed E-state index contributed by atoms with van der Waals surface area (Å²) in [5, 5.41) is 0.903. The standard InChI is InChI=1S/C17H15NO4/c1-13(19)12-16(20)22-18(15-10-6-3-7-11-15)17(21)14-8-4-2-5-9-14/h2-11H,12H2,1H3. The Labute approximate surface area is 128 Å². The number of carbonyl (C=O) groups is 3. The number of rotatable bonds is 4. The van der Waals surface area contributed by atoms with Gasteiger partial charge < -0.3 is 4.84 Å². The maximum atomic E-state index is 12.5. The van der Waals surface area contributed by atoms with Crippen LogP contribution in [0, 0.1) is 0 Å². The minimum absolute atomic E-state index is 0.329. The second kappa shape index (κ2) is 7.17. The Bertz CT molecular complexity index is 668. The number of nitrogens with zero attached hydrogens (tertiary/aromatic N) is 1. The van der Waals surface area contributed by atoms with Crippen molar-refractivity contribution in [2.75, 3.05) is 5.06 Å². The van der Waals surface area contributed by atoms with Crippen molar-refractivity contribution in [1.29, 1.82) is 0 Å². The van der Waals surface area contributed by atoms with E-state index in [4.69, 9.17) is 4.84 Å². The molecule has 0 fully saturated rings. The number of hydrogen-bond donors (Lipinski definition) is 0. The summed E-state index contributed by atoms with van der Waals surface area (Å²) in [5.74, 6) is -1.59. The predicted molar refractivity (Wildman–Crippen MR) is 81.1 cm³/mol. The zero-order valence-electron chi connectivity index (χ0n) is 12.1. The zero-order valence-corrected chi connectivity index (χ0v) is 12.1. The normalized spacial score (nSPS) is 9.86. The second-order valence-electron chi connectivity index (χ2n) is 4.64. The Morgan fingerprint density at radius 3 is 2.00 bits per heavy atom. The first kappa shape index (κ1) is 15.4. The van der Waals surface area contributed by atoms with Gasteiger partial charge in [0.15, 0.2) is 0 Å². The Balaban J connectivity index is 2.28. The van der Waals surface area contributed by atoms with Crippen LogP contribution in [-0.2, 0) is 14.4 Å². The highest BCUT2D eigenvalue weighted by atomic mass is 16.7. The lowest BCUT2D eigenvalue weighted by Crippen LogP contribution is -2.34. The Hall–Kier alpha value is -2.95. The van der Waals surface area contributed by atoms with E-state index in [0.717, 1.165) is 5.06 Å². The first-order valence-corrected chi connectivity index (χ1v) is 6.72. The summed E-state index contributed by atoms with van der Waals surface area (Å²) in [6.45, 7) is 1.28. The van der Waals surface area contributed by atoms with Crippen LogP contribution in [0.1, 0.15) is 23.7 Å². The molecule has 0 N–H and O–H groups in total. The SMILES string of the molecule is CC(=O)CC(=O)ON(C(=O)c1ccccc1)c1ccccc1. The van der Waals surface area contributed by atoms with Gasteiger partial charge in [-0.25, -0.2) is 4.79 Å². The molecule has 1 amide bonds. The van der Waals surface area contributed by atoms with Gasteiger partial charge in [-0.05, 0) is 31.2 Å². The highest BCUT2D eigenvalue weighted by Gasteiger charge is 2.22. The van der Waals surface area contributed by atoms with Gasteiger partial charge in [0.2, 0.25) is 0 Å². The molecule has 0 heterocycles. The van der Waals surface area contributed by atoms with E-state index in [1.54, 1.807) is 60.7 Å². The Morgan fingerprint density at radius 1 is 0.909 bits per heavy atom. The fraction of sp³-hybridized carbons (Fsp3) is 0.118. The lowest BCUT2D eigenvalue weighted by atomic mass is 10.2. The number of Topliss-reactive ketones (excluding diaryl/α,β-unsaturated/α-hetero) is 1. The third-order valence-electron chi connectivity index (χ3n) is 2.78. The molecule has 0 saturated heterocycles. The quantitative estimate of drug-likeness (QED) is 0.643. The van der Waals surface area contributed by atoms with Crippen LogP contribution in [0.5, 0.6) is 0 Å². The maximum absolute atomic E-state index is 12.5. The van der Waals surface area contributed by atoms with Gasteiger partial charge in [0.05, 0.1) is 5.69 Å². The minimum Gasteiger partial charge on any atom is -0.332 e. The van der Waals surface area contributed by atoms with Crippen LogP contribution in [0.3, 0.4) is 0 Å². The lowest BCUT2D eigenvalue weighted by molar-refractivity contribution is -0.146. The van der Waals surface area contributed by atoms with E-state index >= 15 is 0 Å². The van der Waals surface area contributed by atoms with Crippen molar-refractivity contribution in [1.82, 2.24) is 0 Å². The van der Waals surface area contributed by atoms with Gasteiger partial charge >= 0.3 is 5.97 Å². The van der Waals surface area contributed by atoms with E-state index in [1.165, 1.54) is 6.92 Å². The Kier molecular flexibility index (Phi) is 5.03. The van der Waals surface area contributed by atoms with Gasteiger partial charge in [-0.15, -0.1) is 5.06 Å². The smallest absolute Gasteiger partial charge is 0.332 e. The third kappa shape index (κ3) is 4.02. The Morgan fingerprint density at radius 2 is 1.45 bits per heavy atom. The van der Waals surface area contributed by atoms with Gasteiger partial charge in [-0.2, -0.15) is 0 Å². The largest absolute Gasteiger partial charge is 0.340 e. The van der Waals surface area contributed by atoms with Crippen molar-refractivity contribution in [3.05, 3.63) is 66.2 Å². The molecule has 0 aliphatic carbocycles. The maximum Gasteiger partial charge on any atom is 0.340 e. The number of benzene rings is 2. The topological polar surface area (TPSA) is 63.7 Å². The second-order valence-corrected chi connectivity index (χ2v) is 4.64. The van der Waals surface area contributed by atoms with Gasteiger partial charge in [-0.3, -0.25) is 9.59 Å². The van der Waals surface area contributed by atoms with Crippen LogP contribution in [0.4, 0.5) is 5.69 Å². The highest BCUT2D eigenvalue weighted by molar-refractivity contribution is 6.06. The van der Waals surface area contributed by atoms with Crippen molar-refractivity contribution in [2.45, 2.75) is 13.3 Å². The van der Waals surface area contributed by atoms with Crippen molar-refractivity contribution < 1.29 is 19.2 Å². The van der Waals surface area contributed by atoms with Crippen molar-refractivity contribution in [3.63, 3.8) is 0 Å². The number of hydroxylamine groups is 1. The summed E-state index contributed by atoms with van der Waals surface area (Å²) in [7, 11) is 0. The molecule has 0 aliphatic heterocycles. The number of hydrogen-bond acceptors (Lipinski definition) is 4. The molecule has 2 aromatic carbocycles. The average molecular weight is 297 g/mol. The molecule has 2 rings (SSSR count). The first-order chi connectivity index (χ1) is 10.6. The molecule has 0 spiro atoms. The summed E-state index contributed by atoms with van der Waals surface area (Å²) in [4.78, 5) is 40.4. The molecule has 0 aliphatic rings. The highest BCUT2D eigenvalue weighted by Crippen LogP contribution is 2.18. The van der Waals surface area contributed by atoms with Crippen LogP contribution >= 0.6 is 0 Å². The van der Waals surface area contributed by atoms with E-state index in [9.17, 15) is 14.4 Å². The van der Waals surface area contributed by atoms with Crippen LogP contribution in [0.2, 0.25) is 0 Å². The van der Waals surface area contributed by atoms with Crippen molar-refractivity contribution in [2.24, 2.45) is 0 Å². The predicted octanol–water partition coefficient (Wildman–Crippen LogP) is 2.77. The van der Waals surface area contributed by atoms with E-state index in [0.29, 0.717) is 11.3 Å². The molecule has 22 heavy (non-hydrogen) atoms. The van der Waals surface area contributed by atoms with E-state index in [2.05, 4.69) is 0 Å². The van der Waals surface area contributed by atoms with Gasteiger partial charge in [-0.1, -0.05) is 36.4 Å². The lowest BCUT2D eigenvalue weighted by Gasteiger charge is -2.21. The van der Waals surface area contributed by atoms with Crippen molar-refractivity contribution >= 4 is 23.3 Å². The minimum atomic E-state index is -0.777. The summed E-state index contributed by atoms with van der Waals surface area (Å²) >= 11 is 0. The molecule has 0 unspecified atom stereocenters. The number of para-hydroxylation sites is 1. The molecule has 0 aromatic heterocycles. The van der Waals surface area contributed by atoms with E-state index in [-0.39, 0.29) is 12.2 Å². The first-order valence-electron chi connectivity index (χ1n) is 6.72. The summed E-state index contributed by atoms with van der Waals surface area (Å²) in [6, 6.07) is 17.0. The summed E-state index contributed by atoms with van der Waals surface area (Å²) < 4.78 is 0. The van der Waals surface area contributed by atoms with E-state index < -0.39 is 11.9 Å².